The summed E-state index contributed by atoms with van der Waals surface area (Å²) in [6.45, 7) is 6.41. The predicted molar refractivity (Wildman–Crippen MR) is 110 cm³/mol. The van der Waals surface area contributed by atoms with Gasteiger partial charge in [0.25, 0.3) is 0 Å². The highest BCUT2D eigenvalue weighted by atomic mass is 32.2. The van der Waals surface area contributed by atoms with Gasteiger partial charge in [0, 0.05) is 0 Å². The van der Waals surface area contributed by atoms with Crippen molar-refractivity contribution in [3.05, 3.63) is 24.3 Å². The fraction of sp³-hybridized carbons (Fsp3) is 0.550. The van der Waals surface area contributed by atoms with Gasteiger partial charge in [-0.2, -0.15) is 0 Å². The number of carbonyl (C=O) groups is 3. The SMILES string of the molecule is COc1ccccc1NC(=O)C(NC(=O)C1N2C(=O)CC2S(=O)(=O)C1(C)C)C(C)C. The fourth-order valence-corrected chi connectivity index (χ4v) is 6.11. The van der Waals surface area contributed by atoms with E-state index in [2.05, 4.69) is 10.6 Å². The topological polar surface area (TPSA) is 122 Å². The van der Waals surface area contributed by atoms with Gasteiger partial charge in [0.2, 0.25) is 17.7 Å². The van der Waals surface area contributed by atoms with Crippen molar-refractivity contribution in [2.45, 2.75) is 56.3 Å². The van der Waals surface area contributed by atoms with Gasteiger partial charge in [0.1, 0.15) is 23.2 Å². The van der Waals surface area contributed by atoms with Gasteiger partial charge in [0.05, 0.1) is 24.0 Å². The lowest BCUT2D eigenvalue weighted by atomic mass is 9.95. The highest BCUT2D eigenvalue weighted by Gasteiger charge is 2.67. The Hall–Kier alpha value is -2.62. The first kappa shape index (κ1) is 22.1. The van der Waals surface area contributed by atoms with E-state index in [1.807, 2.05) is 0 Å². The van der Waals surface area contributed by atoms with Gasteiger partial charge in [-0.1, -0.05) is 26.0 Å². The van der Waals surface area contributed by atoms with E-state index in [9.17, 15) is 22.8 Å². The zero-order valence-corrected chi connectivity index (χ0v) is 18.4. The van der Waals surface area contributed by atoms with E-state index < -0.39 is 43.9 Å². The molecular formula is C20H27N3O6S. The number of ether oxygens (including phenoxy) is 1. The van der Waals surface area contributed by atoms with E-state index in [1.54, 1.807) is 38.1 Å². The first-order valence-corrected chi connectivity index (χ1v) is 11.3. The first-order chi connectivity index (χ1) is 13.9. The number of carbonyl (C=O) groups excluding carboxylic acids is 3. The Morgan fingerprint density at radius 2 is 1.87 bits per heavy atom. The molecule has 3 rings (SSSR count). The molecule has 3 unspecified atom stereocenters. The van der Waals surface area contributed by atoms with Crippen molar-refractivity contribution in [1.82, 2.24) is 10.2 Å². The van der Waals surface area contributed by atoms with Crippen LogP contribution in [0.2, 0.25) is 0 Å². The summed E-state index contributed by atoms with van der Waals surface area (Å²) in [5.74, 6) is -1.32. The molecule has 0 spiro atoms. The minimum atomic E-state index is -3.70. The van der Waals surface area contributed by atoms with Crippen molar-refractivity contribution in [3.8, 4) is 5.75 Å². The predicted octanol–water partition coefficient (Wildman–Crippen LogP) is 0.908. The summed E-state index contributed by atoms with van der Waals surface area (Å²) >= 11 is 0. The van der Waals surface area contributed by atoms with Gasteiger partial charge in [-0.3, -0.25) is 14.4 Å². The number of rotatable bonds is 6. The molecule has 0 aliphatic carbocycles. The molecule has 2 heterocycles. The summed E-state index contributed by atoms with van der Waals surface area (Å²) in [6, 6.07) is 4.75. The molecule has 2 aliphatic rings. The van der Waals surface area contributed by atoms with Crippen molar-refractivity contribution < 1.29 is 27.5 Å². The van der Waals surface area contributed by atoms with Gasteiger partial charge in [0.15, 0.2) is 9.84 Å². The monoisotopic (exact) mass is 437 g/mol. The third-order valence-corrected chi connectivity index (χ3v) is 8.64. The van der Waals surface area contributed by atoms with Crippen LogP contribution in [0.1, 0.15) is 34.1 Å². The molecule has 2 aliphatic heterocycles. The molecule has 0 radical (unpaired) electrons. The summed E-state index contributed by atoms with van der Waals surface area (Å²) in [5.41, 5.74) is 0.451. The first-order valence-electron chi connectivity index (χ1n) is 9.72. The molecule has 0 aromatic heterocycles. The number of fused-ring (bicyclic) bond motifs is 1. The minimum Gasteiger partial charge on any atom is -0.495 e. The molecule has 3 amide bonds. The number of hydrogen-bond acceptors (Lipinski definition) is 6. The van der Waals surface area contributed by atoms with Crippen molar-refractivity contribution in [3.63, 3.8) is 0 Å². The second-order valence-corrected chi connectivity index (χ2v) is 11.1. The van der Waals surface area contributed by atoms with E-state index in [0.29, 0.717) is 11.4 Å². The van der Waals surface area contributed by atoms with Crippen molar-refractivity contribution in [1.29, 1.82) is 0 Å². The van der Waals surface area contributed by atoms with Crippen molar-refractivity contribution in [2.24, 2.45) is 5.92 Å². The van der Waals surface area contributed by atoms with E-state index >= 15 is 0 Å². The molecular weight excluding hydrogens is 410 g/mol. The van der Waals surface area contributed by atoms with Crippen LogP contribution in [0.4, 0.5) is 5.69 Å². The van der Waals surface area contributed by atoms with Crippen molar-refractivity contribution >= 4 is 33.2 Å². The van der Waals surface area contributed by atoms with Crippen LogP contribution in [0.3, 0.4) is 0 Å². The van der Waals surface area contributed by atoms with Gasteiger partial charge >= 0.3 is 0 Å². The third-order valence-electron chi connectivity index (χ3n) is 5.84. The Balaban J connectivity index is 1.82. The summed E-state index contributed by atoms with van der Waals surface area (Å²) in [4.78, 5) is 39.2. The molecule has 1 aromatic carbocycles. The lowest BCUT2D eigenvalue weighted by Crippen LogP contribution is -2.61. The van der Waals surface area contributed by atoms with Crippen LogP contribution in [-0.2, 0) is 24.2 Å². The molecule has 30 heavy (non-hydrogen) atoms. The second kappa shape index (κ2) is 7.57. The van der Waals surface area contributed by atoms with Gasteiger partial charge in [-0.25, -0.2) is 8.42 Å². The second-order valence-electron chi connectivity index (χ2n) is 8.43. The number of β-lactam (4-membered cyclic amide) rings is 1. The van der Waals surface area contributed by atoms with Crippen LogP contribution >= 0.6 is 0 Å². The number of amides is 3. The number of benzene rings is 1. The van der Waals surface area contributed by atoms with E-state index in [4.69, 9.17) is 4.74 Å². The Morgan fingerprint density at radius 3 is 2.43 bits per heavy atom. The largest absolute Gasteiger partial charge is 0.495 e. The van der Waals surface area contributed by atoms with E-state index in [1.165, 1.54) is 21.0 Å². The molecule has 0 bridgehead atoms. The van der Waals surface area contributed by atoms with Crippen LogP contribution in [-0.4, -0.2) is 60.4 Å². The number of methoxy groups -OCH3 is 1. The number of hydrogen-bond donors (Lipinski definition) is 2. The third kappa shape index (κ3) is 3.32. The lowest BCUT2D eigenvalue weighted by molar-refractivity contribution is -0.150. The maximum Gasteiger partial charge on any atom is 0.247 e. The maximum absolute atomic E-state index is 13.1. The molecule has 9 nitrogen and oxygen atoms in total. The molecule has 2 fully saturated rings. The molecule has 2 saturated heterocycles. The molecule has 1 aromatic rings. The summed E-state index contributed by atoms with van der Waals surface area (Å²) in [5, 5.41) is 4.43. The number of sulfone groups is 1. The van der Waals surface area contributed by atoms with Gasteiger partial charge in [-0.05, 0) is 31.9 Å². The smallest absolute Gasteiger partial charge is 0.247 e. The summed E-state index contributed by atoms with van der Waals surface area (Å²) in [6.07, 6.45) is -0.114. The highest BCUT2D eigenvalue weighted by Crippen LogP contribution is 2.45. The average Bonchev–Trinajstić information content (AvgIpc) is 2.79. The summed E-state index contributed by atoms with van der Waals surface area (Å²) < 4.78 is 29.3. The standard InChI is InChI=1S/C20H27N3O6S/c1-11(2)16(18(25)21-12-8-6-7-9-13(12)29-5)22-19(26)17-20(3,4)30(27,28)15-10-14(24)23(15)17/h6-9,11,15-17H,10H2,1-5H3,(H,21,25)(H,22,26). The highest BCUT2D eigenvalue weighted by molar-refractivity contribution is 7.93. The number of nitrogens with one attached hydrogen (secondary N) is 2. The molecule has 2 N–H and O–H groups in total. The van der Waals surface area contributed by atoms with E-state index in [0.717, 1.165) is 4.90 Å². The average molecular weight is 438 g/mol. The normalized spacial score (nSPS) is 24.6. The summed E-state index contributed by atoms with van der Waals surface area (Å²) in [7, 11) is -2.22. The number of anilines is 1. The lowest BCUT2D eigenvalue weighted by Gasteiger charge is -2.37. The quantitative estimate of drug-likeness (QED) is 0.638. The molecule has 3 atom stereocenters. The van der Waals surface area contributed by atoms with E-state index in [-0.39, 0.29) is 18.2 Å². The molecule has 10 heteroatoms. The Bertz CT molecular complexity index is 988. The Kier molecular flexibility index (Phi) is 5.57. The minimum absolute atomic E-state index is 0.114. The number of para-hydroxylation sites is 2. The van der Waals surface area contributed by atoms with Gasteiger partial charge < -0.3 is 20.3 Å². The Labute approximate surface area is 176 Å². The zero-order chi connectivity index (χ0) is 22.4. The maximum atomic E-state index is 13.1. The van der Waals surface area contributed by atoms with Crippen LogP contribution in [0.15, 0.2) is 24.3 Å². The fourth-order valence-electron chi connectivity index (χ4n) is 3.98. The van der Waals surface area contributed by atoms with Crippen LogP contribution in [0.5, 0.6) is 5.75 Å². The van der Waals surface area contributed by atoms with Crippen LogP contribution < -0.4 is 15.4 Å². The Morgan fingerprint density at radius 1 is 1.23 bits per heavy atom. The number of nitrogens with zero attached hydrogens (tertiary/aromatic N) is 1. The van der Waals surface area contributed by atoms with Crippen molar-refractivity contribution in [2.75, 3.05) is 12.4 Å². The van der Waals surface area contributed by atoms with Crippen LogP contribution in [0, 0.1) is 5.92 Å². The zero-order valence-electron chi connectivity index (χ0n) is 17.6. The van der Waals surface area contributed by atoms with Gasteiger partial charge in [-0.15, -0.1) is 0 Å². The molecule has 164 valence electrons. The molecule has 0 saturated carbocycles. The van der Waals surface area contributed by atoms with Crippen LogP contribution in [0.25, 0.3) is 0 Å².